The molecule has 2 aliphatic rings. The zero-order valence-corrected chi connectivity index (χ0v) is 20.3. The molecule has 2 N–H and O–H groups in total. The van der Waals surface area contributed by atoms with Gasteiger partial charge in [-0.1, -0.05) is 36.2 Å². The Bertz CT molecular complexity index is 1020. The van der Waals surface area contributed by atoms with Crippen LogP contribution in [-0.4, -0.2) is 49.9 Å². The number of nitrogens with one attached hydrogen (secondary N) is 2. The van der Waals surface area contributed by atoms with Crippen LogP contribution in [0.2, 0.25) is 5.02 Å². The third-order valence-corrected chi connectivity index (χ3v) is 7.02. The molecule has 4 rings (SSSR count). The summed E-state index contributed by atoms with van der Waals surface area (Å²) in [4.78, 5) is 29.9. The highest BCUT2D eigenvalue weighted by Gasteiger charge is 2.26. The Kier molecular flexibility index (Phi) is 7.56. The van der Waals surface area contributed by atoms with Crippen molar-refractivity contribution >= 4 is 34.8 Å². The van der Waals surface area contributed by atoms with E-state index in [1.54, 1.807) is 12.1 Å². The van der Waals surface area contributed by atoms with E-state index in [4.69, 9.17) is 11.6 Å². The second-order valence-corrected chi connectivity index (χ2v) is 9.59. The number of anilines is 2. The molecule has 1 saturated heterocycles. The number of nitrogens with zero attached hydrogens (tertiary/aromatic N) is 2. The van der Waals surface area contributed by atoms with E-state index in [0.29, 0.717) is 17.3 Å². The van der Waals surface area contributed by atoms with Crippen LogP contribution in [0.4, 0.5) is 11.4 Å². The molecule has 0 spiro atoms. The molecule has 0 saturated carbocycles. The van der Waals surface area contributed by atoms with Crippen LogP contribution < -0.4 is 15.5 Å². The zero-order chi connectivity index (χ0) is 23.4. The molecule has 0 aliphatic carbocycles. The van der Waals surface area contributed by atoms with E-state index in [0.717, 1.165) is 50.9 Å². The smallest absolute Gasteiger partial charge is 0.313 e. The van der Waals surface area contributed by atoms with Gasteiger partial charge < -0.3 is 15.5 Å². The lowest BCUT2D eigenvalue weighted by Crippen LogP contribution is -2.43. The van der Waals surface area contributed by atoms with Gasteiger partial charge in [0.05, 0.1) is 6.04 Å². The largest absolute Gasteiger partial charge is 0.374 e. The molecule has 0 aromatic heterocycles. The fourth-order valence-electron chi connectivity index (χ4n) is 4.88. The standard InChI is InChI=1S/C26H33ClN4O2/c1-18-8-10-21(27)16-22(18)29-26(33)25(32)28-17-24(31-13-4-3-5-14-31)20-9-11-23-19(15-20)7-6-12-30(23)2/h8-11,15-16,24H,3-7,12-14,17H2,1-2H3,(H,28,32)(H,29,33)/t24-/m1/s1. The maximum atomic E-state index is 12.7. The molecule has 1 atom stereocenters. The highest BCUT2D eigenvalue weighted by molar-refractivity contribution is 6.40. The molecule has 0 radical (unpaired) electrons. The first kappa shape index (κ1) is 23.6. The highest BCUT2D eigenvalue weighted by atomic mass is 35.5. The Morgan fingerprint density at radius 3 is 2.58 bits per heavy atom. The van der Waals surface area contributed by atoms with Crippen LogP contribution in [0.3, 0.4) is 0 Å². The summed E-state index contributed by atoms with van der Waals surface area (Å²) in [5.41, 5.74) is 5.27. The van der Waals surface area contributed by atoms with Gasteiger partial charge in [-0.25, -0.2) is 0 Å². The van der Waals surface area contributed by atoms with Gasteiger partial charge in [-0.3, -0.25) is 14.5 Å². The number of aryl methyl sites for hydroxylation is 2. The van der Waals surface area contributed by atoms with Crippen LogP contribution in [0.25, 0.3) is 0 Å². The summed E-state index contributed by atoms with van der Waals surface area (Å²) in [6, 6.07) is 12.0. The first-order chi connectivity index (χ1) is 15.9. The number of fused-ring (bicyclic) bond motifs is 1. The second-order valence-electron chi connectivity index (χ2n) is 9.15. The summed E-state index contributed by atoms with van der Waals surface area (Å²) < 4.78 is 0. The fourth-order valence-corrected chi connectivity index (χ4v) is 5.05. The summed E-state index contributed by atoms with van der Waals surface area (Å²) in [5, 5.41) is 6.08. The molecule has 7 heteroatoms. The van der Waals surface area contributed by atoms with Crippen molar-refractivity contribution in [2.75, 3.05) is 43.4 Å². The van der Waals surface area contributed by atoms with Gasteiger partial charge >= 0.3 is 11.8 Å². The summed E-state index contributed by atoms with van der Waals surface area (Å²) in [7, 11) is 2.14. The highest BCUT2D eigenvalue weighted by Crippen LogP contribution is 2.31. The normalized spacial score (nSPS) is 17.2. The predicted molar refractivity (Wildman–Crippen MR) is 134 cm³/mol. The lowest BCUT2D eigenvalue weighted by Gasteiger charge is -2.36. The minimum absolute atomic E-state index is 0.0486. The van der Waals surface area contributed by atoms with Gasteiger partial charge in [-0.05, 0) is 80.6 Å². The molecule has 33 heavy (non-hydrogen) atoms. The number of carbonyl (C=O) groups is 2. The van der Waals surface area contributed by atoms with Gasteiger partial charge in [-0.2, -0.15) is 0 Å². The summed E-state index contributed by atoms with van der Waals surface area (Å²) in [6.07, 6.45) is 5.79. The molecule has 2 aromatic carbocycles. The van der Waals surface area contributed by atoms with Gasteiger partial charge in [0.25, 0.3) is 0 Å². The number of benzene rings is 2. The van der Waals surface area contributed by atoms with Crippen LogP contribution in [-0.2, 0) is 16.0 Å². The molecule has 2 heterocycles. The molecule has 0 unspecified atom stereocenters. The lowest BCUT2D eigenvalue weighted by molar-refractivity contribution is -0.136. The third-order valence-electron chi connectivity index (χ3n) is 6.78. The van der Waals surface area contributed by atoms with Gasteiger partial charge in [0.1, 0.15) is 0 Å². The fraction of sp³-hybridized carbons (Fsp3) is 0.462. The lowest BCUT2D eigenvalue weighted by atomic mass is 9.95. The van der Waals surface area contributed by atoms with Gasteiger partial charge in [0.15, 0.2) is 0 Å². The quantitative estimate of drug-likeness (QED) is 0.642. The second kappa shape index (κ2) is 10.6. The molecule has 0 bridgehead atoms. The Hall–Kier alpha value is -2.57. The van der Waals surface area contributed by atoms with Crippen LogP contribution in [0, 0.1) is 6.92 Å². The van der Waals surface area contributed by atoms with Crippen molar-refractivity contribution in [2.24, 2.45) is 0 Å². The topological polar surface area (TPSA) is 64.7 Å². The average molecular weight is 469 g/mol. The SMILES string of the molecule is Cc1ccc(Cl)cc1NC(=O)C(=O)NC[C@H](c1ccc2c(c1)CCCN2C)N1CCCCC1. The van der Waals surface area contributed by atoms with Crippen molar-refractivity contribution in [3.63, 3.8) is 0 Å². The van der Waals surface area contributed by atoms with Crippen LogP contribution >= 0.6 is 11.6 Å². The van der Waals surface area contributed by atoms with Crippen LogP contribution in [0.1, 0.15) is 48.4 Å². The van der Waals surface area contributed by atoms with Crippen LogP contribution in [0.15, 0.2) is 36.4 Å². The summed E-state index contributed by atoms with van der Waals surface area (Å²) in [5.74, 6) is -1.31. The summed E-state index contributed by atoms with van der Waals surface area (Å²) in [6.45, 7) is 5.36. The molecular weight excluding hydrogens is 436 g/mol. The number of likely N-dealkylation sites (tertiary alicyclic amines) is 1. The van der Waals surface area contributed by atoms with E-state index in [-0.39, 0.29) is 6.04 Å². The Labute approximate surface area is 201 Å². The molecular formula is C26H33ClN4O2. The van der Waals surface area contributed by atoms with E-state index in [2.05, 4.69) is 45.7 Å². The molecule has 2 aliphatic heterocycles. The maximum absolute atomic E-state index is 12.7. The number of carbonyl (C=O) groups excluding carboxylic acids is 2. The van der Waals surface area contributed by atoms with Crippen molar-refractivity contribution in [2.45, 2.75) is 45.1 Å². The van der Waals surface area contributed by atoms with Gasteiger partial charge in [0.2, 0.25) is 0 Å². The Morgan fingerprint density at radius 2 is 1.79 bits per heavy atom. The number of amides is 2. The summed E-state index contributed by atoms with van der Waals surface area (Å²) >= 11 is 6.04. The third kappa shape index (κ3) is 5.68. The minimum atomic E-state index is -0.676. The van der Waals surface area contributed by atoms with Crippen molar-refractivity contribution in [3.8, 4) is 0 Å². The number of hydrogen-bond donors (Lipinski definition) is 2. The molecule has 2 aromatic rings. The van der Waals surface area contributed by atoms with E-state index < -0.39 is 11.8 Å². The number of piperidine rings is 1. The number of hydrogen-bond acceptors (Lipinski definition) is 4. The Balaban J connectivity index is 1.47. The van der Waals surface area contributed by atoms with Crippen molar-refractivity contribution in [1.29, 1.82) is 0 Å². The monoisotopic (exact) mass is 468 g/mol. The Morgan fingerprint density at radius 1 is 1.00 bits per heavy atom. The van der Waals surface area contributed by atoms with Crippen LogP contribution in [0.5, 0.6) is 0 Å². The molecule has 176 valence electrons. The number of rotatable bonds is 5. The minimum Gasteiger partial charge on any atom is -0.374 e. The zero-order valence-electron chi connectivity index (χ0n) is 19.5. The van der Waals surface area contributed by atoms with Crippen molar-refractivity contribution < 1.29 is 9.59 Å². The van der Waals surface area contributed by atoms with Gasteiger partial charge in [0, 0.05) is 36.5 Å². The van der Waals surface area contributed by atoms with Gasteiger partial charge in [-0.15, -0.1) is 0 Å². The first-order valence-electron chi connectivity index (χ1n) is 11.9. The molecule has 6 nitrogen and oxygen atoms in total. The van der Waals surface area contributed by atoms with E-state index >= 15 is 0 Å². The predicted octanol–water partition coefficient (Wildman–Crippen LogP) is 4.31. The van der Waals surface area contributed by atoms with E-state index in [1.807, 2.05) is 13.0 Å². The average Bonchev–Trinajstić information content (AvgIpc) is 2.82. The molecule has 2 amide bonds. The van der Waals surface area contributed by atoms with Crippen molar-refractivity contribution in [1.82, 2.24) is 10.2 Å². The first-order valence-corrected chi connectivity index (χ1v) is 12.2. The number of halogens is 1. The van der Waals surface area contributed by atoms with E-state index in [1.165, 1.54) is 23.2 Å². The molecule has 1 fully saturated rings. The van der Waals surface area contributed by atoms with E-state index in [9.17, 15) is 9.59 Å². The van der Waals surface area contributed by atoms with Crippen molar-refractivity contribution in [3.05, 3.63) is 58.1 Å². The maximum Gasteiger partial charge on any atom is 0.313 e.